The maximum absolute atomic E-state index is 12.9. The molecule has 0 saturated heterocycles. The van der Waals surface area contributed by atoms with Gasteiger partial charge in [0, 0.05) is 17.8 Å². The average Bonchev–Trinajstić information content (AvgIpc) is 2.41. The zero-order valence-corrected chi connectivity index (χ0v) is 11.6. The maximum atomic E-state index is 12.9. The molecule has 0 spiro atoms. The number of aliphatic hydroxyl groups excluding tert-OH is 1. The van der Waals surface area contributed by atoms with E-state index in [1.165, 1.54) is 6.07 Å². The molecule has 0 radical (unpaired) electrons. The third-order valence-corrected chi connectivity index (χ3v) is 3.20. The van der Waals surface area contributed by atoms with Crippen molar-refractivity contribution >= 4 is 17.3 Å². The quantitative estimate of drug-likeness (QED) is 0.564. The second-order valence-corrected chi connectivity index (χ2v) is 4.75. The van der Waals surface area contributed by atoms with Crippen LogP contribution in [0.3, 0.4) is 0 Å². The van der Waals surface area contributed by atoms with Crippen LogP contribution in [0.5, 0.6) is 0 Å². The van der Waals surface area contributed by atoms with Crippen LogP contribution in [-0.4, -0.2) is 41.1 Å². The number of aliphatic hydroxyl groups is 2. The van der Waals surface area contributed by atoms with Crippen LogP contribution in [0.15, 0.2) is 24.3 Å². The molecule has 0 fully saturated rings. The Bertz CT molecular complexity index is 491. The van der Waals surface area contributed by atoms with Crippen LogP contribution in [0.4, 0.5) is 32.0 Å². The molecule has 1 atom stereocenters. The summed E-state index contributed by atoms with van der Waals surface area (Å²) in [6.07, 6.45) is -13.1. The van der Waals surface area contributed by atoms with E-state index < -0.39 is 35.3 Å². The highest BCUT2D eigenvalue weighted by Gasteiger charge is 2.72. The highest BCUT2D eigenvalue weighted by molar-refractivity contribution is 6.18. The highest BCUT2D eigenvalue weighted by Crippen LogP contribution is 2.51. The molecule has 126 valence electrons. The van der Waals surface area contributed by atoms with E-state index in [1.807, 2.05) is 0 Å². The van der Waals surface area contributed by atoms with Gasteiger partial charge in [-0.2, -0.15) is 26.3 Å². The molecule has 0 amide bonds. The van der Waals surface area contributed by atoms with Crippen LogP contribution < -0.4 is 5.32 Å². The van der Waals surface area contributed by atoms with E-state index >= 15 is 0 Å². The van der Waals surface area contributed by atoms with Gasteiger partial charge in [-0.25, -0.2) is 0 Å². The van der Waals surface area contributed by atoms with Crippen molar-refractivity contribution in [3.8, 4) is 0 Å². The first-order valence-corrected chi connectivity index (χ1v) is 6.41. The van der Waals surface area contributed by atoms with Crippen molar-refractivity contribution in [2.24, 2.45) is 0 Å². The molecule has 0 heterocycles. The smallest absolute Gasteiger partial charge is 0.390 e. The zero-order valence-electron chi connectivity index (χ0n) is 10.8. The van der Waals surface area contributed by atoms with Gasteiger partial charge in [-0.05, 0) is 6.07 Å². The molecule has 0 aliphatic rings. The van der Waals surface area contributed by atoms with Crippen molar-refractivity contribution in [1.29, 1.82) is 0 Å². The summed E-state index contributed by atoms with van der Waals surface area (Å²) in [6, 6.07) is 3.56. The van der Waals surface area contributed by atoms with Gasteiger partial charge in [0.15, 0.2) is 0 Å². The van der Waals surface area contributed by atoms with Gasteiger partial charge < -0.3 is 15.5 Å². The minimum Gasteiger partial charge on any atom is -0.390 e. The summed E-state index contributed by atoms with van der Waals surface area (Å²) in [5.74, 6) is -0.266. The van der Waals surface area contributed by atoms with Crippen LogP contribution >= 0.6 is 11.6 Å². The van der Waals surface area contributed by atoms with Gasteiger partial charge in [0.25, 0.3) is 5.60 Å². The molecule has 3 nitrogen and oxygen atoms in total. The highest BCUT2D eigenvalue weighted by atomic mass is 35.5. The van der Waals surface area contributed by atoms with Gasteiger partial charge in [0.2, 0.25) is 0 Å². The molecule has 22 heavy (non-hydrogen) atoms. The molecule has 0 aromatic heterocycles. The number of rotatable bonds is 5. The Hall–Kier alpha value is -1.19. The molecule has 0 saturated carbocycles. The van der Waals surface area contributed by atoms with Gasteiger partial charge >= 0.3 is 12.4 Å². The second-order valence-electron chi connectivity index (χ2n) is 4.44. The summed E-state index contributed by atoms with van der Waals surface area (Å²) in [5.41, 5.74) is -7.05. The molecule has 1 aromatic carbocycles. The predicted molar refractivity (Wildman–Crippen MR) is 67.7 cm³/mol. The van der Waals surface area contributed by atoms with Gasteiger partial charge in [-0.15, -0.1) is 11.6 Å². The Morgan fingerprint density at radius 3 is 2.00 bits per heavy atom. The number of nitrogens with one attached hydrogen (secondary N) is 1. The number of hydrogen-bond donors (Lipinski definition) is 3. The predicted octanol–water partition coefficient (Wildman–Crippen LogP) is 3.01. The van der Waals surface area contributed by atoms with E-state index in [1.54, 1.807) is 0 Å². The first-order valence-electron chi connectivity index (χ1n) is 5.88. The van der Waals surface area contributed by atoms with Gasteiger partial charge in [0.1, 0.15) is 0 Å². The average molecular weight is 352 g/mol. The van der Waals surface area contributed by atoms with Crippen LogP contribution in [0.25, 0.3) is 0 Å². The second kappa shape index (κ2) is 6.51. The Labute approximate surface area is 126 Å². The number of halogens is 7. The Balaban J connectivity index is 3.33. The van der Waals surface area contributed by atoms with Crippen molar-refractivity contribution in [1.82, 2.24) is 0 Å². The molecule has 0 aliphatic carbocycles. The lowest BCUT2D eigenvalue weighted by Crippen LogP contribution is -2.54. The van der Waals surface area contributed by atoms with E-state index in [4.69, 9.17) is 11.6 Å². The lowest BCUT2D eigenvalue weighted by atomic mass is 9.90. The fourth-order valence-corrected chi connectivity index (χ4v) is 1.81. The molecule has 0 bridgehead atoms. The van der Waals surface area contributed by atoms with Crippen molar-refractivity contribution < 1.29 is 36.6 Å². The fourth-order valence-electron chi connectivity index (χ4n) is 1.70. The number of anilines is 1. The van der Waals surface area contributed by atoms with E-state index in [-0.39, 0.29) is 12.4 Å². The first-order chi connectivity index (χ1) is 9.95. The van der Waals surface area contributed by atoms with Crippen LogP contribution in [0.2, 0.25) is 0 Å². The first kappa shape index (κ1) is 18.9. The molecule has 10 heteroatoms. The summed E-state index contributed by atoms with van der Waals surface area (Å²) in [7, 11) is 0. The maximum Gasteiger partial charge on any atom is 0.430 e. The largest absolute Gasteiger partial charge is 0.430 e. The van der Waals surface area contributed by atoms with Crippen molar-refractivity contribution in [2.45, 2.75) is 24.1 Å². The monoisotopic (exact) mass is 351 g/mol. The lowest BCUT2D eigenvalue weighted by Gasteiger charge is -2.34. The molecule has 1 rings (SSSR count). The molecule has 1 aromatic rings. The third-order valence-electron chi connectivity index (χ3n) is 2.84. The Kier molecular flexibility index (Phi) is 5.58. The molecule has 3 N–H and O–H groups in total. The van der Waals surface area contributed by atoms with E-state index in [0.29, 0.717) is 6.07 Å². The zero-order chi connectivity index (χ0) is 17.2. The minimum absolute atomic E-state index is 0.266. The van der Waals surface area contributed by atoms with E-state index in [2.05, 4.69) is 5.32 Å². The number of alkyl halides is 7. The topological polar surface area (TPSA) is 52.5 Å². The van der Waals surface area contributed by atoms with Gasteiger partial charge in [-0.1, -0.05) is 18.2 Å². The third kappa shape index (κ3) is 3.58. The van der Waals surface area contributed by atoms with E-state index in [9.17, 15) is 36.6 Å². The molecule has 0 aliphatic heterocycles. The molecular formula is C12H12ClF6NO2. The minimum atomic E-state index is -5.98. The van der Waals surface area contributed by atoms with Crippen molar-refractivity contribution in [3.05, 3.63) is 29.8 Å². The van der Waals surface area contributed by atoms with Crippen molar-refractivity contribution in [2.75, 3.05) is 17.7 Å². The summed E-state index contributed by atoms with van der Waals surface area (Å²) >= 11 is 5.29. The van der Waals surface area contributed by atoms with Crippen LogP contribution in [0, 0.1) is 0 Å². The van der Waals surface area contributed by atoms with Crippen LogP contribution in [0.1, 0.15) is 5.56 Å². The summed E-state index contributed by atoms with van der Waals surface area (Å²) in [6.45, 7) is -0.383. The Morgan fingerprint density at radius 2 is 1.55 bits per heavy atom. The molecular weight excluding hydrogens is 340 g/mol. The lowest BCUT2D eigenvalue weighted by molar-refractivity contribution is -0.376. The summed E-state index contributed by atoms with van der Waals surface area (Å²) in [5, 5.41) is 20.8. The van der Waals surface area contributed by atoms with Gasteiger partial charge in [-0.3, -0.25) is 0 Å². The number of benzene rings is 1. The summed E-state index contributed by atoms with van der Waals surface area (Å²) < 4.78 is 77.2. The SMILES string of the molecule is OC(CCl)CNc1ccccc1C(O)(C(F)(F)F)C(F)(F)F. The van der Waals surface area contributed by atoms with E-state index in [0.717, 1.165) is 12.1 Å². The Morgan fingerprint density at radius 1 is 1.05 bits per heavy atom. The van der Waals surface area contributed by atoms with Crippen molar-refractivity contribution in [3.63, 3.8) is 0 Å². The van der Waals surface area contributed by atoms with Crippen LogP contribution in [-0.2, 0) is 5.60 Å². The number of hydrogen-bond acceptors (Lipinski definition) is 3. The normalized spacial score (nSPS) is 14.8. The standard InChI is InChI=1S/C12H12ClF6NO2/c13-5-7(21)6-20-9-4-2-1-3-8(9)10(22,11(14,15)16)12(17,18)19/h1-4,7,20-22H,5-6H2. The number of para-hydroxylation sites is 1. The fraction of sp³-hybridized carbons (Fsp3) is 0.500. The van der Waals surface area contributed by atoms with Gasteiger partial charge in [0.05, 0.1) is 12.0 Å². The molecule has 1 unspecified atom stereocenters. The summed E-state index contributed by atoms with van der Waals surface area (Å²) in [4.78, 5) is 0.